The van der Waals surface area contributed by atoms with Gasteiger partial charge in [0, 0.05) is 19.7 Å². The Hall–Kier alpha value is -1.21. The number of nitrogens with one attached hydrogen (secondary N) is 1. The van der Waals surface area contributed by atoms with E-state index < -0.39 is 12.0 Å². The van der Waals surface area contributed by atoms with Crippen molar-refractivity contribution in [2.45, 2.75) is 38.5 Å². The Morgan fingerprint density at radius 1 is 1.52 bits per heavy atom. The Morgan fingerprint density at radius 2 is 2.19 bits per heavy atom. The summed E-state index contributed by atoms with van der Waals surface area (Å²) < 4.78 is 1.76. The van der Waals surface area contributed by atoms with E-state index in [2.05, 4.69) is 10.4 Å². The van der Waals surface area contributed by atoms with E-state index in [0.717, 1.165) is 17.8 Å². The summed E-state index contributed by atoms with van der Waals surface area (Å²) in [5.41, 5.74) is 1.81. The van der Waals surface area contributed by atoms with Gasteiger partial charge in [0.1, 0.15) is 6.04 Å². The minimum absolute atomic E-state index is 0.338. The van der Waals surface area contributed by atoms with E-state index in [0.29, 0.717) is 22.9 Å². The molecule has 0 aliphatic rings. The van der Waals surface area contributed by atoms with Crippen LogP contribution in [0.5, 0.6) is 0 Å². The maximum Gasteiger partial charge on any atom is 0.326 e. The van der Waals surface area contributed by atoms with Gasteiger partial charge < -0.3 is 10.4 Å². The minimum atomic E-state index is -1.02. The first-order chi connectivity index (χ1) is 9.86. The van der Waals surface area contributed by atoms with Crippen LogP contribution in [0.1, 0.15) is 31.7 Å². The van der Waals surface area contributed by atoms with Crippen LogP contribution in [-0.4, -0.2) is 38.6 Å². The molecule has 0 saturated heterocycles. The highest BCUT2D eigenvalue weighted by Crippen LogP contribution is 2.25. The number of nitrogens with zero attached hydrogens (tertiary/aromatic N) is 2. The van der Waals surface area contributed by atoms with Crippen LogP contribution in [0, 0.1) is 0 Å². The zero-order chi connectivity index (χ0) is 16.0. The van der Waals surface area contributed by atoms with Crippen LogP contribution in [0.15, 0.2) is 0 Å². The second kappa shape index (κ2) is 8.29. The number of aryl methyl sites for hydroxylation is 2. The van der Waals surface area contributed by atoms with Crippen molar-refractivity contribution in [3.63, 3.8) is 0 Å². The Morgan fingerprint density at radius 3 is 2.67 bits per heavy atom. The van der Waals surface area contributed by atoms with Gasteiger partial charge in [-0.3, -0.25) is 9.48 Å². The van der Waals surface area contributed by atoms with Crippen molar-refractivity contribution >= 4 is 35.2 Å². The highest BCUT2D eigenvalue weighted by molar-refractivity contribution is 7.98. The quantitative estimate of drug-likeness (QED) is 0.709. The number of carboxylic acids is 1. The Labute approximate surface area is 133 Å². The number of hydrogen-bond donors (Lipinski definition) is 2. The van der Waals surface area contributed by atoms with Crippen molar-refractivity contribution in [1.82, 2.24) is 15.1 Å². The summed E-state index contributed by atoms with van der Waals surface area (Å²) in [7, 11) is 1.85. The molecule has 0 aliphatic carbocycles. The molecule has 1 atom stereocenters. The number of aromatic nitrogens is 2. The number of halogens is 1. The van der Waals surface area contributed by atoms with E-state index >= 15 is 0 Å². The molecule has 0 radical (unpaired) electrons. The van der Waals surface area contributed by atoms with E-state index in [-0.39, 0.29) is 5.91 Å². The summed E-state index contributed by atoms with van der Waals surface area (Å²) in [6.45, 7) is 3.31. The van der Waals surface area contributed by atoms with Crippen LogP contribution in [0.3, 0.4) is 0 Å². The molecular formula is C13H20ClN3O3S. The van der Waals surface area contributed by atoms with Crippen molar-refractivity contribution in [2.75, 3.05) is 5.75 Å². The van der Waals surface area contributed by atoms with E-state index in [1.54, 1.807) is 16.4 Å². The van der Waals surface area contributed by atoms with Crippen molar-refractivity contribution in [3.05, 3.63) is 16.4 Å². The molecule has 1 aromatic rings. The van der Waals surface area contributed by atoms with Gasteiger partial charge >= 0.3 is 5.97 Å². The molecular weight excluding hydrogens is 314 g/mol. The molecule has 1 aromatic heterocycles. The van der Waals surface area contributed by atoms with Gasteiger partial charge in [-0.2, -0.15) is 16.9 Å². The summed E-state index contributed by atoms with van der Waals surface area (Å²) in [5.74, 6) is -0.0816. The molecule has 8 heteroatoms. The van der Waals surface area contributed by atoms with E-state index in [4.69, 9.17) is 16.7 Å². The van der Waals surface area contributed by atoms with Crippen LogP contribution in [0.4, 0.5) is 0 Å². The molecule has 21 heavy (non-hydrogen) atoms. The van der Waals surface area contributed by atoms with Crippen LogP contribution in [0.25, 0.3) is 0 Å². The molecule has 0 spiro atoms. The number of thioether (sulfide) groups is 1. The Bertz CT molecular complexity index is 519. The van der Waals surface area contributed by atoms with Gasteiger partial charge in [0.05, 0.1) is 16.4 Å². The first-order valence-electron chi connectivity index (χ1n) is 6.64. The molecule has 0 bridgehead atoms. The lowest BCUT2D eigenvalue weighted by atomic mass is 10.2. The zero-order valence-corrected chi connectivity index (χ0v) is 13.9. The third-order valence-corrected chi connectivity index (χ3v) is 4.41. The summed E-state index contributed by atoms with van der Waals surface area (Å²) in [6, 6.07) is -0.844. The predicted molar refractivity (Wildman–Crippen MR) is 83.6 cm³/mol. The fourth-order valence-electron chi connectivity index (χ4n) is 1.85. The number of carbonyl (C=O) groups is 2. The maximum atomic E-state index is 11.0. The van der Waals surface area contributed by atoms with Gasteiger partial charge in [0.15, 0.2) is 0 Å². The topological polar surface area (TPSA) is 84.2 Å². The number of hydrogen-bond acceptors (Lipinski definition) is 4. The monoisotopic (exact) mass is 333 g/mol. The third-order valence-electron chi connectivity index (χ3n) is 2.97. The average Bonchev–Trinajstić information content (AvgIpc) is 2.68. The van der Waals surface area contributed by atoms with E-state index in [9.17, 15) is 9.59 Å². The van der Waals surface area contributed by atoms with Gasteiger partial charge in [0.25, 0.3) is 0 Å². The van der Waals surface area contributed by atoms with Crippen LogP contribution in [0.2, 0.25) is 5.02 Å². The summed E-state index contributed by atoms with van der Waals surface area (Å²) in [4.78, 5) is 21.9. The average molecular weight is 334 g/mol. The number of carbonyl (C=O) groups excluding carboxylic acids is 1. The SMILES string of the molecule is CCc1nn(C)c(CSCCC(NC(C)=O)C(=O)O)c1Cl. The lowest BCUT2D eigenvalue weighted by Gasteiger charge is -2.12. The van der Waals surface area contributed by atoms with E-state index in [1.807, 2.05) is 14.0 Å². The molecule has 1 rings (SSSR count). The number of rotatable bonds is 8. The van der Waals surface area contributed by atoms with Crippen molar-refractivity contribution in [2.24, 2.45) is 7.05 Å². The Balaban J connectivity index is 2.48. The molecule has 0 fully saturated rings. The highest BCUT2D eigenvalue weighted by Gasteiger charge is 2.18. The van der Waals surface area contributed by atoms with Crippen LogP contribution < -0.4 is 5.32 Å². The molecule has 0 saturated carbocycles. The lowest BCUT2D eigenvalue weighted by molar-refractivity contribution is -0.141. The van der Waals surface area contributed by atoms with Gasteiger partial charge in [-0.25, -0.2) is 4.79 Å². The standard InChI is InChI=1S/C13H20ClN3O3S/c1-4-9-12(14)11(17(3)16-9)7-21-6-5-10(13(19)20)15-8(2)18/h10H,4-7H2,1-3H3,(H,15,18)(H,19,20). The van der Waals surface area contributed by atoms with E-state index in [1.165, 1.54) is 6.92 Å². The van der Waals surface area contributed by atoms with Gasteiger partial charge in [-0.15, -0.1) is 0 Å². The normalized spacial score (nSPS) is 12.2. The third kappa shape index (κ3) is 5.24. The molecule has 6 nitrogen and oxygen atoms in total. The zero-order valence-electron chi connectivity index (χ0n) is 12.4. The van der Waals surface area contributed by atoms with Gasteiger partial charge in [-0.05, 0) is 18.6 Å². The summed E-state index contributed by atoms with van der Waals surface area (Å²) in [6.07, 6.45) is 1.15. The Kier molecular flexibility index (Phi) is 7.04. The largest absolute Gasteiger partial charge is 0.480 e. The first kappa shape index (κ1) is 17.8. The first-order valence-corrected chi connectivity index (χ1v) is 8.18. The number of carboxylic acid groups (broad SMARTS) is 1. The fourth-order valence-corrected chi connectivity index (χ4v) is 3.36. The van der Waals surface area contributed by atoms with Gasteiger partial charge in [0.2, 0.25) is 5.91 Å². The minimum Gasteiger partial charge on any atom is -0.480 e. The van der Waals surface area contributed by atoms with Crippen LogP contribution in [-0.2, 0) is 28.8 Å². The van der Waals surface area contributed by atoms with Crippen molar-refractivity contribution in [1.29, 1.82) is 0 Å². The molecule has 0 aliphatic heterocycles. The molecule has 2 N–H and O–H groups in total. The summed E-state index contributed by atoms with van der Waals surface area (Å²) in [5, 5.41) is 16.4. The van der Waals surface area contributed by atoms with Crippen molar-refractivity contribution in [3.8, 4) is 0 Å². The second-order valence-corrected chi connectivity index (χ2v) is 6.10. The molecule has 0 aromatic carbocycles. The number of amides is 1. The van der Waals surface area contributed by atoms with Crippen molar-refractivity contribution < 1.29 is 14.7 Å². The molecule has 1 heterocycles. The molecule has 1 unspecified atom stereocenters. The maximum absolute atomic E-state index is 11.0. The second-order valence-electron chi connectivity index (χ2n) is 4.62. The summed E-state index contributed by atoms with van der Waals surface area (Å²) >= 11 is 7.81. The lowest BCUT2D eigenvalue weighted by Crippen LogP contribution is -2.39. The molecule has 118 valence electrons. The fraction of sp³-hybridized carbons (Fsp3) is 0.615. The smallest absolute Gasteiger partial charge is 0.326 e. The number of aliphatic carboxylic acids is 1. The molecule has 1 amide bonds. The predicted octanol–water partition coefficient (Wildman–Crippen LogP) is 1.85. The van der Waals surface area contributed by atoms with Gasteiger partial charge in [-0.1, -0.05) is 18.5 Å². The highest BCUT2D eigenvalue weighted by atomic mass is 35.5. The van der Waals surface area contributed by atoms with Crippen LogP contribution >= 0.6 is 23.4 Å².